The van der Waals surface area contributed by atoms with Gasteiger partial charge in [-0.15, -0.1) is 0 Å². The molecular weight excluding hydrogens is 320 g/mol. The number of nitrogens with one attached hydrogen (secondary N) is 2. The van der Waals surface area contributed by atoms with Crippen molar-refractivity contribution in [3.8, 4) is 0 Å². The van der Waals surface area contributed by atoms with E-state index in [0.29, 0.717) is 13.0 Å². The maximum atomic E-state index is 12.0. The van der Waals surface area contributed by atoms with E-state index < -0.39 is 23.7 Å². The number of aliphatic carboxylic acids is 1. The van der Waals surface area contributed by atoms with Crippen molar-refractivity contribution in [2.45, 2.75) is 58.7 Å². The third-order valence-electron chi connectivity index (χ3n) is 3.67. The molecule has 0 radical (unpaired) electrons. The number of benzene rings is 1. The third-order valence-corrected chi connectivity index (χ3v) is 3.67. The van der Waals surface area contributed by atoms with Crippen LogP contribution in [0.15, 0.2) is 30.3 Å². The quantitative estimate of drug-likeness (QED) is 0.671. The lowest BCUT2D eigenvalue weighted by Gasteiger charge is -2.27. The highest BCUT2D eigenvalue weighted by molar-refractivity contribution is 5.74. The van der Waals surface area contributed by atoms with Crippen LogP contribution >= 0.6 is 0 Å². The van der Waals surface area contributed by atoms with Crippen molar-refractivity contribution >= 4 is 12.1 Å². The van der Waals surface area contributed by atoms with Crippen LogP contribution in [0.3, 0.4) is 0 Å². The fourth-order valence-electron chi connectivity index (χ4n) is 2.28. The number of ether oxygens (including phenoxy) is 1. The van der Waals surface area contributed by atoms with Gasteiger partial charge >= 0.3 is 12.1 Å². The highest BCUT2D eigenvalue weighted by atomic mass is 16.6. The number of hydrogen-bond donors (Lipinski definition) is 3. The number of carbonyl (C=O) groups is 2. The highest BCUT2D eigenvalue weighted by Crippen LogP contribution is 2.09. The maximum absolute atomic E-state index is 12.0. The lowest BCUT2D eigenvalue weighted by atomic mass is 10.0. The molecule has 0 saturated heterocycles. The molecule has 0 heterocycles. The van der Waals surface area contributed by atoms with Crippen LogP contribution in [0.2, 0.25) is 0 Å². The second-order valence-corrected chi connectivity index (χ2v) is 7.49. The van der Waals surface area contributed by atoms with Gasteiger partial charge in [-0.25, -0.2) is 4.79 Å². The Labute approximate surface area is 150 Å². The van der Waals surface area contributed by atoms with Crippen molar-refractivity contribution in [2.24, 2.45) is 5.92 Å². The van der Waals surface area contributed by atoms with Crippen molar-refractivity contribution in [1.82, 2.24) is 10.6 Å². The molecule has 140 valence electrons. The zero-order chi connectivity index (χ0) is 19.0. The predicted octanol–water partition coefficient (Wildman–Crippen LogP) is 2.82. The zero-order valence-corrected chi connectivity index (χ0v) is 15.7. The monoisotopic (exact) mass is 350 g/mol. The summed E-state index contributed by atoms with van der Waals surface area (Å²) >= 11 is 0. The van der Waals surface area contributed by atoms with Crippen LogP contribution in [0.4, 0.5) is 4.79 Å². The Morgan fingerprint density at radius 2 is 1.76 bits per heavy atom. The van der Waals surface area contributed by atoms with Crippen molar-refractivity contribution < 1.29 is 19.4 Å². The molecule has 0 aliphatic heterocycles. The number of hydrogen-bond acceptors (Lipinski definition) is 4. The van der Waals surface area contributed by atoms with Gasteiger partial charge in [0.1, 0.15) is 11.6 Å². The molecule has 0 aliphatic rings. The zero-order valence-electron chi connectivity index (χ0n) is 15.7. The minimum Gasteiger partial charge on any atom is -0.480 e. The number of carbonyl (C=O) groups excluding carboxylic acids is 1. The molecule has 3 N–H and O–H groups in total. The summed E-state index contributed by atoms with van der Waals surface area (Å²) in [5.41, 5.74) is 0.374. The summed E-state index contributed by atoms with van der Waals surface area (Å²) < 4.78 is 5.27. The Morgan fingerprint density at radius 3 is 2.24 bits per heavy atom. The molecular formula is C19H30N2O4. The van der Waals surface area contributed by atoms with Gasteiger partial charge in [0.05, 0.1) is 0 Å². The molecule has 1 aromatic rings. The van der Waals surface area contributed by atoms with E-state index in [4.69, 9.17) is 4.74 Å². The van der Waals surface area contributed by atoms with Crippen molar-refractivity contribution in [2.75, 3.05) is 6.54 Å². The van der Waals surface area contributed by atoms with Crippen LogP contribution in [-0.4, -0.2) is 41.4 Å². The summed E-state index contributed by atoms with van der Waals surface area (Å²) in [4.78, 5) is 23.5. The summed E-state index contributed by atoms with van der Waals surface area (Å²) in [5, 5.41) is 15.3. The molecule has 1 aromatic carbocycles. The molecule has 0 bridgehead atoms. The Hall–Kier alpha value is -2.08. The van der Waals surface area contributed by atoms with E-state index in [1.807, 2.05) is 44.2 Å². The minimum absolute atomic E-state index is 0.131. The topological polar surface area (TPSA) is 87.7 Å². The molecule has 0 aliphatic carbocycles. The average molecular weight is 350 g/mol. The first kappa shape index (κ1) is 21.0. The Balaban J connectivity index is 2.64. The van der Waals surface area contributed by atoms with Crippen molar-refractivity contribution in [1.29, 1.82) is 0 Å². The summed E-state index contributed by atoms with van der Waals surface area (Å²) in [6, 6.07) is 8.51. The number of carboxylic acids is 1. The third kappa shape index (κ3) is 8.54. The van der Waals surface area contributed by atoms with Crippen LogP contribution < -0.4 is 10.6 Å². The van der Waals surface area contributed by atoms with Crippen molar-refractivity contribution in [3.05, 3.63) is 35.9 Å². The van der Waals surface area contributed by atoms with E-state index in [1.165, 1.54) is 0 Å². The molecule has 1 rings (SSSR count). The molecule has 25 heavy (non-hydrogen) atoms. The summed E-state index contributed by atoms with van der Waals surface area (Å²) in [5.74, 6) is -0.783. The van der Waals surface area contributed by atoms with Gasteiger partial charge < -0.3 is 20.5 Å². The molecule has 0 spiro atoms. The number of alkyl carbamates (subject to hydrolysis) is 1. The van der Waals surface area contributed by atoms with Gasteiger partial charge in [0.2, 0.25) is 0 Å². The SMILES string of the molecule is CC(C)[C@H](CN[C@@H](Cc1ccccc1)C(=O)O)NC(=O)OC(C)(C)C. The fraction of sp³-hybridized carbons (Fsp3) is 0.579. The molecule has 0 aromatic heterocycles. The lowest BCUT2D eigenvalue weighted by molar-refractivity contribution is -0.139. The molecule has 2 atom stereocenters. The van der Waals surface area contributed by atoms with Crippen LogP contribution in [0.1, 0.15) is 40.2 Å². The first-order valence-electron chi connectivity index (χ1n) is 8.58. The first-order valence-corrected chi connectivity index (χ1v) is 8.58. The molecule has 0 saturated carbocycles. The number of rotatable bonds is 8. The van der Waals surface area contributed by atoms with E-state index in [1.54, 1.807) is 20.8 Å². The largest absolute Gasteiger partial charge is 0.480 e. The van der Waals surface area contributed by atoms with Gasteiger partial charge in [-0.2, -0.15) is 0 Å². The minimum atomic E-state index is -0.913. The smallest absolute Gasteiger partial charge is 0.407 e. The molecule has 1 amide bonds. The van der Waals surface area contributed by atoms with Crippen LogP contribution in [-0.2, 0) is 16.0 Å². The molecule has 0 fully saturated rings. The van der Waals surface area contributed by atoms with Gasteiger partial charge in [-0.05, 0) is 38.7 Å². The van der Waals surface area contributed by atoms with E-state index in [0.717, 1.165) is 5.56 Å². The first-order chi connectivity index (χ1) is 11.6. The van der Waals surface area contributed by atoms with Crippen LogP contribution in [0, 0.1) is 5.92 Å². The van der Waals surface area contributed by atoms with E-state index in [-0.39, 0.29) is 12.0 Å². The van der Waals surface area contributed by atoms with Crippen molar-refractivity contribution in [3.63, 3.8) is 0 Å². The highest BCUT2D eigenvalue weighted by Gasteiger charge is 2.24. The number of carboxylic acid groups (broad SMARTS) is 1. The Bertz CT molecular complexity index is 552. The average Bonchev–Trinajstić information content (AvgIpc) is 2.48. The maximum Gasteiger partial charge on any atom is 0.407 e. The Morgan fingerprint density at radius 1 is 1.16 bits per heavy atom. The van der Waals surface area contributed by atoms with Gasteiger partial charge in [0.25, 0.3) is 0 Å². The van der Waals surface area contributed by atoms with E-state index in [2.05, 4.69) is 10.6 Å². The molecule has 6 heteroatoms. The second-order valence-electron chi connectivity index (χ2n) is 7.49. The Kier molecular flexibility index (Phi) is 7.90. The second kappa shape index (κ2) is 9.42. The fourth-order valence-corrected chi connectivity index (χ4v) is 2.28. The normalized spacial score (nSPS) is 14.0. The summed E-state index contributed by atoms with van der Waals surface area (Å²) in [6.45, 7) is 9.69. The van der Waals surface area contributed by atoms with Crippen LogP contribution in [0.5, 0.6) is 0 Å². The molecule has 0 unspecified atom stereocenters. The van der Waals surface area contributed by atoms with Gasteiger partial charge in [0, 0.05) is 12.6 Å². The number of amides is 1. The van der Waals surface area contributed by atoms with Crippen LogP contribution in [0.25, 0.3) is 0 Å². The van der Waals surface area contributed by atoms with E-state index >= 15 is 0 Å². The predicted molar refractivity (Wildman–Crippen MR) is 97.6 cm³/mol. The summed E-state index contributed by atoms with van der Waals surface area (Å²) in [6.07, 6.45) is -0.115. The lowest BCUT2D eigenvalue weighted by Crippen LogP contribution is -2.50. The van der Waals surface area contributed by atoms with Gasteiger partial charge in [-0.3, -0.25) is 4.79 Å². The molecule has 6 nitrogen and oxygen atoms in total. The van der Waals surface area contributed by atoms with Gasteiger partial charge in [0.15, 0.2) is 0 Å². The van der Waals surface area contributed by atoms with E-state index in [9.17, 15) is 14.7 Å². The van der Waals surface area contributed by atoms with Gasteiger partial charge in [-0.1, -0.05) is 44.2 Å². The standard InChI is InChI=1S/C19H30N2O4/c1-13(2)16(21-18(24)25-19(3,4)5)12-20-15(17(22)23)11-14-9-7-6-8-10-14/h6-10,13,15-16,20H,11-12H2,1-5H3,(H,21,24)(H,22,23)/t15-,16-/m0/s1. The summed E-state index contributed by atoms with van der Waals surface area (Å²) in [7, 11) is 0.